The molecule has 1 aliphatic heterocycles. The summed E-state index contributed by atoms with van der Waals surface area (Å²) in [6.07, 6.45) is 8.41. The van der Waals surface area contributed by atoms with E-state index in [1.54, 1.807) is 11.1 Å². The molecule has 1 N–H and O–H groups in total. The van der Waals surface area contributed by atoms with E-state index in [-0.39, 0.29) is 0 Å². The highest BCUT2D eigenvalue weighted by Crippen LogP contribution is 2.53. The molecular weight excluding hydrogens is 218 g/mol. The molecule has 0 unspecified atom stereocenters. The lowest BCUT2D eigenvalue weighted by molar-refractivity contribution is 0.0797. The van der Waals surface area contributed by atoms with Gasteiger partial charge in [-0.25, -0.2) is 0 Å². The molecule has 3 atom stereocenters. The fourth-order valence-corrected chi connectivity index (χ4v) is 5.04. The van der Waals surface area contributed by atoms with Gasteiger partial charge < -0.3 is 5.32 Å². The van der Waals surface area contributed by atoms with Crippen molar-refractivity contribution in [1.82, 2.24) is 5.32 Å². The maximum absolute atomic E-state index is 3.80. The molecule has 4 rings (SSSR count). The van der Waals surface area contributed by atoms with Crippen molar-refractivity contribution in [2.24, 2.45) is 5.92 Å². The Morgan fingerprint density at radius 2 is 2.17 bits per heavy atom. The highest BCUT2D eigenvalue weighted by Gasteiger charge is 2.51. The van der Waals surface area contributed by atoms with Gasteiger partial charge in [0, 0.05) is 11.5 Å². The largest absolute Gasteiger partial charge is 0.313 e. The van der Waals surface area contributed by atoms with Crippen LogP contribution in [0.25, 0.3) is 0 Å². The molecule has 1 aromatic carbocycles. The minimum atomic E-state index is 0.535. The first-order chi connectivity index (χ1) is 8.79. The molecule has 2 bridgehead atoms. The first-order valence-electron chi connectivity index (χ1n) is 7.63. The second-order valence-electron chi connectivity index (χ2n) is 6.68. The van der Waals surface area contributed by atoms with E-state index in [1.807, 2.05) is 0 Å². The van der Waals surface area contributed by atoms with Gasteiger partial charge in [-0.1, -0.05) is 36.6 Å². The first kappa shape index (κ1) is 11.0. The van der Waals surface area contributed by atoms with E-state index in [4.69, 9.17) is 0 Å². The fourth-order valence-electron chi connectivity index (χ4n) is 5.04. The molecule has 3 aliphatic rings. The van der Waals surface area contributed by atoms with E-state index in [9.17, 15) is 0 Å². The molecule has 1 saturated heterocycles. The minimum Gasteiger partial charge on any atom is -0.313 e. The number of benzene rings is 1. The lowest BCUT2D eigenvalue weighted by Crippen LogP contribution is -2.59. The average Bonchev–Trinajstić information content (AvgIpc) is 2.40. The summed E-state index contributed by atoms with van der Waals surface area (Å²) < 4.78 is 0. The predicted molar refractivity (Wildman–Crippen MR) is 74.9 cm³/mol. The molecule has 96 valence electrons. The van der Waals surface area contributed by atoms with Crippen molar-refractivity contribution in [2.45, 2.75) is 56.9 Å². The first-order valence-corrected chi connectivity index (χ1v) is 7.63. The van der Waals surface area contributed by atoms with Crippen molar-refractivity contribution in [3.8, 4) is 0 Å². The van der Waals surface area contributed by atoms with Gasteiger partial charge in [-0.05, 0) is 56.2 Å². The van der Waals surface area contributed by atoms with Crippen LogP contribution in [0.2, 0.25) is 0 Å². The number of hydrogen-bond acceptors (Lipinski definition) is 1. The molecule has 1 saturated carbocycles. The van der Waals surface area contributed by atoms with Gasteiger partial charge in [-0.15, -0.1) is 0 Å². The Bertz CT molecular complexity index is 474. The van der Waals surface area contributed by atoms with Gasteiger partial charge in [0.25, 0.3) is 0 Å². The summed E-state index contributed by atoms with van der Waals surface area (Å²) in [4.78, 5) is 0. The third-order valence-electron chi connectivity index (χ3n) is 5.80. The monoisotopic (exact) mass is 241 g/mol. The lowest BCUT2D eigenvalue weighted by atomic mass is 9.53. The van der Waals surface area contributed by atoms with Crippen LogP contribution in [0.4, 0.5) is 0 Å². The summed E-state index contributed by atoms with van der Waals surface area (Å²) in [7, 11) is 0. The van der Waals surface area contributed by atoms with E-state index in [1.165, 1.54) is 50.6 Å². The quantitative estimate of drug-likeness (QED) is 0.734. The van der Waals surface area contributed by atoms with Gasteiger partial charge in [0.1, 0.15) is 0 Å². The minimum absolute atomic E-state index is 0.535. The van der Waals surface area contributed by atoms with E-state index >= 15 is 0 Å². The Morgan fingerprint density at radius 3 is 3.11 bits per heavy atom. The van der Waals surface area contributed by atoms with E-state index in [2.05, 4.69) is 30.4 Å². The van der Waals surface area contributed by atoms with Crippen molar-refractivity contribution in [3.05, 3.63) is 34.9 Å². The summed E-state index contributed by atoms with van der Waals surface area (Å²) in [6.45, 7) is 3.48. The van der Waals surface area contributed by atoms with Gasteiger partial charge in [0.05, 0.1) is 0 Å². The molecule has 1 heterocycles. The second-order valence-corrected chi connectivity index (χ2v) is 6.68. The lowest BCUT2D eigenvalue weighted by Gasteiger charge is -2.56. The molecule has 0 spiro atoms. The van der Waals surface area contributed by atoms with Crippen LogP contribution in [0, 0.1) is 12.8 Å². The molecule has 0 radical (unpaired) electrons. The van der Waals surface area contributed by atoms with Crippen molar-refractivity contribution in [1.29, 1.82) is 0 Å². The fraction of sp³-hybridized carbons (Fsp3) is 0.647. The van der Waals surface area contributed by atoms with Gasteiger partial charge in [0.2, 0.25) is 0 Å². The number of fused-ring (bicyclic) bond motifs is 1. The maximum atomic E-state index is 3.80. The molecular formula is C17H23N. The summed E-state index contributed by atoms with van der Waals surface area (Å²) in [5.74, 6) is 0.911. The third-order valence-corrected chi connectivity index (χ3v) is 5.80. The van der Waals surface area contributed by atoms with Crippen LogP contribution in [0.3, 0.4) is 0 Å². The topological polar surface area (TPSA) is 12.0 Å². The van der Waals surface area contributed by atoms with Crippen LogP contribution in [-0.4, -0.2) is 12.6 Å². The van der Waals surface area contributed by atoms with Crippen molar-refractivity contribution >= 4 is 0 Å². The highest BCUT2D eigenvalue weighted by atomic mass is 15.0. The summed E-state index contributed by atoms with van der Waals surface area (Å²) in [6, 6.07) is 7.97. The number of piperidine rings is 1. The van der Waals surface area contributed by atoms with E-state index in [0.29, 0.717) is 5.41 Å². The maximum Gasteiger partial charge on any atom is 0.0144 e. The van der Waals surface area contributed by atoms with Crippen LogP contribution >= 0.6 is 0 Å². The normalized spacial score (nSPS) is 37.8. The zero-order chi connectivity index (χ0) is 12.2. The van der Waals surface area contributed by atoms with Crippen LogP contribution in [0.1, 0.15) is 48.8 Å². The summed E-state index contributed by atoms with van der Waals surface area (Å²) in [5.41, 5.74) is 5.35. The Morgan fingerprint density at radius 1 is 1.22 bits per heavy atom. The second kappa shape index (κ2) is 3.84. The predicted octanol–water partition coefficient (Wildman–Crippen LogP) is 3.34. The average molecular weight is 241 g/mol. The zero-order valence-corrected chi connectivity index (χ0v) is 11.3. The number of hydrogen-bond donors (Lipinski definition) is 1. The standard InChI is InChI=1S/C17H23N/c1-12-5-6-13-11-16-14-4-2-3-7-17(14,8-9-18-16)15(13)10-12/h5-6,10,14,16,18H,2-4,7-9,11H2,1H3/t14-,16+,17+/m1/s1. The van der Waals surface area contributed by atoms with Crippen molar-refractivity contribution < 1.29 is 0 Å². The van der Waals surface area contributed by atoms with Crippen molar-refractivity contribution in [2.75, 3.05) is 6.54 Å². The van der Waals surface area contributed by atoms with E-state index < -0.39 is 0 Å². The SMILES string of the molecule is Cc1ccc2c(c1)[C@]13CCCC[C@@H]1[C@H](C2)NCC3. The summed E-state index contributed by atoms with van der Waals surface area (Å²) in [5, 5.41) is 3.80. The van der Waals surface area contributed by atoms with Crippen LogP contribution in [0.15, 0.2) is 18.2 Å². The molecule has 2 aliphatic carbocycles. The molecule has 1 aromatic rings. The Kier molecular flexibility index (Phi) is 2.35. The molecule has 2 fully saturated rings. The number of nitrogens with one attached hydrogen (secondary N) is 1. The Labute approximate surface area is 110 Å². The molecule has 1 nitrogen and oxygen atoms in total. The van der Waals surface area contributed by atoms with Crippen molar-refractivity contribution in [3.63, 3.8) is 0 Å². The summed E-state index contributed by atoms with van der Waals surface area (Å²) >= 11 is 0. The van der Waals surface area contributed by atoms with Crippen LogP contribution in [0.5, 0.6) is 0 Å². The van der Waals surface area contributed by atoms with Gasteiger partial charge in [0.15, 0.2) is 0 Å². The molecule has 0 aromatic heterocycles. The van der Waals surface area contributed by atoms with Gasteiger partial charge >= 0.3 is 0 Å². The molecule has 18 heavy (non-hydrogen) atoms. The highest BCUT2D eigenvalue weighted by molar-refractivity contribution is 5.43. The molecule has 0 amide bonds. The zero-order valence-electron chi connectivity index (χ0n) is 11.3. The molecule has 1 heteroatoms. The van der Waals surface area contributed by atoms with Crippen LogP contribution < -0.4 is 5.32 Å². The van der Waals surface area contributed by atoms with Gasteiger partial charge in [-0.3, -0.25) is 0 Å². The van der Waals surface area contributed by atoms with E-state index in [0.717, 1.165) is 12.0 Å². The Balaban J connectivity index is 1.91. The number of rotatable bonds is 0. The van der Waals surface area contributed by atoms with Gasteiger partial charge in [-0.2, -0.15) is 0 Å². The smallest absolute Gasteiger partial charge is 0.0144 e. The Hall–Kier alpha value is -0.820. The number of aryl methyl sites for hydroxylation is 1. The van der Waals surface area contributed by atoms with Crippen LogP contribution in [-0.2, 0) is 11.8 Å². The third kappa shape index (κ3) is 1.37.